The molecule has 1 amide bonds. The molecule has 134 valence electrons. The molecule has 1 heterocycles. The van der Waals surface area contributed by atoms with Crippen molar-refractivity contribution in [2.75, 3.05) is 13.1 Å². The molecule has 0 saturated carbocycles. The average Bonchev–Trinajstić information content (AvgIpc) is 2.55. The molecular formula is C21H28N2O2. The second-order valence-electron chi connectivity index (χ2n) is 7.88. The number of nitrogens with zero attached hydrogens (tertiary/aromatic N) is 1. The third-order valence-corrected chi connectivity index (χ3v) is 4.53. The van der Waals surface area contributed by atoms with Gasteiger partial charge in [-0.3, -0.25) is 4.90 Å². The second kappa shape index (κ2) is 7.44. The van der Waals surface area contributed by atoms with E-state index in [4.69, 9.17) is 4.74 Å². The van der Waals surface area contributed by atoms with Crippen molar-refractivity contribution in [2.45, 2.75) is 51.8 Å². The summed E-state index contributed by atoms with van der Waals surface area (Å²) in [6, 6.07) is 15.4. The molecule has 0 unspecified atom stereocenters. The smallest absolute Gasteiger partial charge is 0.407 e. The van der Waals surface area contributed by atoms with Crippen LogP contribution in [0.4, 0.5) is 4.79 Å². The van der Waals surface area contributed by atoms with Crippen LogP contribution in [0.15, 0.2) is 42.5 Å². The van der Waals surface area contributed by atoms with Crippen LogP contribution in [0.25, 0.3) is 10.8 Å². The summed E-state index contributed by atoms with van der Waals surface area (Å²) in [7, 11) is 0. The number of rotatable bonds is 3. The Labute approximate surface area is 150 Å². The van der Waals surface area contributed by atoms with Crippen LogP contribution in [-0.2, 0) is 11.3 Å². The summed E-state index contributed by atoms with van der Waals surface area (Å²) >= 11 is 0. The Morgan fingerprint density at radius 3 is 2.48 bits per heavy atom. The molecule has 0 spiro atoms. The first-order valence-corrected chi connectivity index (χ1v) is 9.09. The second-order valence-corrected chi connectivity index (χ2v) is 7.88. The Morgan fingerprint density at radius 2 is 1.80 bits per heavy atom. The van der Waals surface area contributed by atoms with E-state index >= 15 is 0 Å². The number of benzene rings is 2. The molecule has 1 saturated heterocycles. The number of carbonyl (C=O) groups excluding carboxylic acids is 1. The molecule has 0 atom stereocenters. The lowest BCUT2D eigenvalue weighted by Gasteiger charge is -2.32. The first-order chi connectivity index (χ1) is 11.9. The van der Waals surface area contributed by atoms with Gasteiger partial charge in [-0.15, -0.1) is 0 Å². The van der Waals surface area contributed by atoms with Crippen LogP contribution >= 0.6 is 0 Å². The molecule has 1 aliphatic rings. The summed E-state index contributed by atoms with van der Waals surface area (Å²) in [6.45, 7) is 8.61. The standard InChI is InChI=1S/C21H28N2O2/c1-21(2,3)25-20(24)22-19-10-12-23(13-11-19)15-16-8-9-17-6-4-5-7-18(17)14-16/h4-9,14,19H,10-13,15H2,1-3H3,(H,22,24). The topological polar surface area (TPSA) is 41.6 Å². The van der Waals surface area contributed by atoms with Crippen molar-refractivity contribution < 1.29 is 9.53 Å². The number of ether oxygens (including phenoxy) is 1. The van der Waals surface area contributed by atoms with E-state index in [0.29, 0.717) is 0 Å². The van der Waals surface area contributed by atoms with Gasteiger partial charge in [-0.05, 0) is 56.0 Å². The number of nitrogens with one attached hydrogen (secondary N) is 1. The van der Waals surface area contributed by atoms with E-state index in [1.165, 1.54) is 16.3 Å². The van der Waals surface area contributed by atoms with Crippen molar-refractivity contribution in [2.24, 2.45) is 0 Å². The van der Waals surface area contributed by atoms with Gasteiger partial charge in [0.25, 0.3) is 0 Å². The highest BCUT2D eigenvalue weighted by atomic mass is 16.6. The van der Waals surface area contributed by atoms with E-state index in [1.54, 1.807) is 0 Å². The van der Waals surface area contributed by atoms with E-state index < -0.39 is 5.60 Å². The lowest BCUT2D eigenvalue weighted by Crippen LogP contribution is -2.45. The van der Waals surface area contributed by atoms with Crippen molar-refractivity contribution in [3.63, 3.8) is 0 Å². The quantitative estimate of drug-likeness (QED) is 0.904. The molecular weight excluding hydrogens is 312 g/mol. The maximum absolute atomic E-state index is 11.9. The van der Waals surface area contributed by atoms with Crippen molar-refractivity contribution in [3.05, 3.63) is 48.0 Å². The SMILES string of the molecule is CC(C)(C)OC(=O)NC1CCN(Cc2ccc3ccccc3c2)CC1. The zero-order chi connectivity index (χ0) is 17.9. The van der Waals surface area contributed by atoms with Gasteiger partial charge in [0, 0.05) is 25.7 Å². The molecule has 3 rings (SSSR count). The first kappa shape index (κ1) is 17.7. The molecule has 0 radical (unpaired) electrons. The minimum Gasteiger partial charge on any atom is -0.444 e. The molecule has 1 aliphatic heterocycles. The molecule has 0 bridgehead atoms. The third kappa shape index (κ3) is 5.20. The number of amides is 1. The summed E-state index contributed by atoms with van der Waals surface area (Å²) in [5, 5.41) is 5.57. The van der Waals surface area contributed by atoms with Gasteiger partial charge >= 0.3 is 6.09 Å². The number of likely N-dealkylation sites (tertiary alicyclic amines) is 1. The van der Waals surface area contributed by atoms with Crippen molar-refractivity contribution >= 4 is 16.9 Å². The highest BCUT2D eigenvalue weighted by molar-refractivity contribution is 5.82. The zero-order valence-corrected chi connectivity index (χ0v) is 15.4. The monoisotopic (exact) mass is 340 g/mol. The number of piperidine rings is 1. The predicted octanol–water partition coefficient (Wildman–Crippen LogP) is 4.33. The fourth-order valence-electron chi connectivity index (χ4n) is 3.30. The van der Waals surface area contributed by atoms with Gasteiger partial charge in [0.2, 0.25) is 0 Å². The lowest BCUT2D eigenvalue weighted by atomic mass is 10.0. The summed E-state index contributed by atoms with van der Waals surface area (Å²) in [5.74, 6) is 0. The number of carbonyl (C=O) groups is 1. The van der Waals surface area contributed by atoms with E-state index in [0.717, 1.165) is 32.5 Å². The van der Waals surface area contributed by atoms with Crippen LogP contribution in [-0.4, -0.2) is 35.7 Å². The van der Waals surface area contributed by atoms with Gasteiger partial charge in [-0.2, -0.15) is 0 Å². The molecule has 0 aromatic heterocycles. The first-order valence-electron chi connectivity index (χ1n) is 9.09. The largest absolute Gasteiger partial charge is 0.444 e. The Hall–Kier alpha value is -2.07. The van der Waals surface area contributed by atoms with Gasteiger partial charge < -0.3 is 10.1 Å². The highest BCUT2D eigenvalue weighted by Crippen LogP contribution is 2.19. The van der Waals surface area contributed by atoms with Crippen molar-refractivity contribution in [1.29, 1.82) is 0 Å². The molecule has 1 N–H and O–H groups in total. The third-order valence-electron chi connectivity index (χ3n) is 4.53. The van der Waals surface area contributed by atoms with Crippen LogP contribution in [0.1, 0.15) is 39.2 Å². The van der Waals surface area contributed by atoms with E-state index in [2.05, 4.69) is 52.7 Å². The Bertz CT molecular complexity index is 728. The van der Waals surface area contributed by atoms with Gasteiger partial charge in [0.15, 0.2) is 0 Å². The Kier molecular flexibility index (Phi) is 5.28. The zero-order valence-electron chi connectivity index (χ0n) is 15.4. The van der Waals surface area contributed by atoms with Crippen LogP contribution < -0.4 is 5.32 Å². The summed E-state index contributed by atoms with van der Waals surface area (Å²) in [6.07, 6.45) is 1.63. The van der Waals surface area contributed by atoms with E-state index in [9.17, 15) is 4.79 Å². The fraction of sp³-hybridized carbons (Fsp3) is 0.476. The molecule has 0 aliphatic carbocycles. The summed E-state index contributed by atoms with van der Waals surface area (Å²) in [4.78, 5) is 14.3. The Morgan fingerprint density at radius 1 is 1.12 bits per heavy atom. The van der Waals surface area contributed by atoms with Gasteiger partial charge in [0.1, 0.15) is 5.60 Å². The van der Waals surface area contributed by atoms with Gasteiger partial charge in [-0.25, -0.2) is 4.79 Å². The van der Waals surface area contributed by atoms with Crippen LogP contribution in [0.5, 0.6) is 0 Å². The summed E-state index contributed by atoms with van der Waals surface area (Å²) < 4.78 is 5.34. The van der Waals surface area contributed by atoms with Gasteiger partial charge in [-0.1, -0.05) is 36.4 Å². The predicted molar refractivity (Wildman–Crippen MR) is 102 cm³/mol. The van der Waals surface area contributed by atoms with E-state index in [-0.39, 0.29) is 12.1 Å². The number of hydrogen-bond acceptors (Lipinski definition) is 3. The fourth-order valence-corrected chi connectivity index (χ4v) is 3.30. The Balaban J connectivity index is 1.49. The molecule has 2 aromatic carbocycles. The highest BCUT2D eigenvalue weighted by Gasteiger charge is 2.23. The maximum atomic E-state index is 11.9. The number of fused-ring (bicyclic) bond motifs is 1. The normalized spacial score (nSPS) is 16.8. The van der Waals surface area contributed by atoms with Crippen LogP contribution in [0, 0.1) is 0 Å². The molecule has 4 nitrogen and oxygen atoms in total. The molecule has 25 heavy (non-hydrogen) atoms. The average molecular weight is 340 g/mol. The maximum Gasteiger partial charge on any atom is 0.407 e. The summed E-state index contributed by atoms with van der Waals surface area (Å²) in [5.41, 5.74) is 0.901. The molecule has 1 fully saturated rings. The van der Waals surface area contributed by atoms with Crippen molar-refractivity contribution in [3.8, 4) is 0 Å². The minimum absolute atomic E-state index is 0.211. The van der Waals surface area contributed by atoms with Crippen LogP contribution in [0.2, 0.25) is 0 Å². The number of alkyl carbamates (subject to hydrolysis) is 1. The van der Waals surface area contributed by atoms with Crippen LogP contribution in [0.3, 0.4) is 0 Å². The van der Waals surface area contributed by atoms with Gasteiger partial charge in [0.05, 0.1) is 0 Å². The number of hydrogen-bond donors (Lipinski definition) is 1. The van der Waals surface area contributed by atoms with Crippen molar-refractivity contribution in [1.82, 2.24) is 10.2 Å². The molecule has 2 aromatic rings. The minimum atomic E-state index is -0.444. The van der Waals surface area contributed by atoms with E-state index in [1.807, 2.05) is 20.8 Å². The molecule has 4 heteroatoms. The lowest BCUT2D eigenvalue weighted by molar-refractivity contribution is 0.0477.